The molecule has 2 amide bonds. The highest BCUT2D eigenvalue weighted by Crippen LogP contribution is 2.24. The summed E-state index contributed by atoms with van der Waals surface area (Å²) in [6.07, 6.45) is -0.206. The summed E-state index contributed by atoms with van der Waals surface area (Å²) >= 11 is 5.85. The maximum Gasteiger partial charge on any atom is 0.306 e. The molecule has 0 heterocycles. The summed E-state index contributed by atoms with van der Waals surface area (Å²) < 4.78 is 10.6. The lowest BCUT2D eigenvalue weighted by atomic mass is 10.2. The van der Waals surface area contributed by atoms with E-state index in [-0.39, 0.29) is 18.7 Å². The highest BCUT2D eigenvalue weighted by molar-refractivity contribution is 6.30. The number of rotatable bonds is 9. The van der Waals surface area contributed by atoms with E-state index in [4.69, 9.17) is 21.1 Å². The van der Waals surface area contributed by atoms with E-state index in [9.17, 15) is 14.4 Å². The molecule has 170 valence electrons. The van der Waals surface area contributed by atoms with Crippen LogP contribution in [0.2, 0.25) is 5.02 Å². The zero-order valence-electron chi connectivity index (χ0n) is 18.0. The summed E-state index contributed by atoms with van der Waals surface area (Å²) in [6, 6.07) is 21.1. The van der Waals surface area contributed by atoms with Crippen molar-refractivity contribution in [1.29, 1.82) is 0 Å². The van der Waals surface area contributed by atoms with Crippen molar-refractivity contribution in [1.82, 2.24) is 0 Å². The van der Waals surface area contributed by atoms with Crippen molar-refractivity contribution in [2.45, 2.75) is 19.8 Å². The van der Waals surface area contributed by atoms with Crippen molar-refractivity contribution in [3.8, 4) is 11.5 Å². The molecule has 2 N–H and O–H groups in total. The molecule has 0 saturated heterocycles. The molecule has 0 bridgehead atoms. The number of aryl methyl sites for hydroxylation is 1. The van der Waals surface area contributed by atoms with Crippen molar-refractivity contribution in [3.63, 3.8) is 0 Å². The summed E-state index contributed by atoms with van der Waals surface area (Å²) in [4.78, 5) is 35.9. The normalized spacial score (nSPS) is 10.2. The lowest BCUT2D eigenvalue weighted by molar-refractivity contribution is -0.147. The minimum absolute atomic E-state index is 0.0682. The van der Waals surface area contributed by atoms with E-state index in [0.717, 1.165) is 5.56 Å². The molecular formula is C25H23ClN2O5. The Labute approximate surface area is 196 Å². The van der Waals surface area contributed by atoms with Crippen molar-refractivity contribution in [2.75, 3.05) is 17.2 Å². The molecule has 3 aromatic rings. The molecule has 0 aliphatic rings. The molecule has 0 atom stereocenters. The van der Waals surface area contributed by atoms with Crippen LogP contribution >= 0.6 is 11.6 Å². The first-order valence-electron chi connectivity index (χ1n) is 10.2. The topological polar surface area (TPSA) is 93.7 Å². The van der Waals surface area contributed by atoms with Gasteiger partial charge in [-0.15, -0.1) is 0 Å². The molecular weight excluding hydrogens is 444 g/mol. The molecule has 0 aromatic heterocycles. The van der Waals surface area contributed by atoms with Gasteiger partial charge in [0.25, 0.3) is 5.91 Å². The van der Waals surface area contributed by atoms with Gasteiger partial charge in [0.05, 0.1) is 6.42 Å². The number of hydrogen-bond donors (Lipinski definition) is 2. The second-order valence-corrected chi connectivity index (χ2v) is 7.59. The number of esters is 1. The fourth-order valence-electron chi connectivity index (χ4n) is 2.80. The third kappa shape index (κ3) is 7.97. The van der Waals surface area contributed by atoms with Crippen LogP contribution in [-0.4, -0.2) is 24.4 Å². The van der Waals surface area contributed by atoms with Crippen molar-refractivity contribution in [3.05, 3.63) is 83.4 Å². The van der Waals surface area contributed by atoms with E-state index in [0.29, 0.717) is 27.9 Å². The smallest absolute Gasteiger partial charge is 0.306 e. The molecule has 0 aliphatic heterocycles. The lowest BCUT2D eigenvalue weighted by Crippen LogP contribution is -2.22. The molecule has 0 radical (unpaired) electrons. The Kier molecular flexibility index (Phi) is 8.43. The van der Waals surface area contributed by atoms with Gasteiger partial charge in [0, 0.05) is 22.8 Å². The molecule has 33 heavy (non-hydrogen) atoms. The van der Waals surface area contributed by atoms with Crippen LogP contribution in [0.15, 0.2) is 72.8 Å². The average Bonchev–Trinajstić information content (AvgIpc) is 2.80. The first kappa shape index (κ1) is 23.8. The minimum Gasteiger partial charge on any atom is -0.457 e. The van der Waals surface area contributed by atoms with Crippen LogP contribution in [0.1, 0.15) is 18.4 Å². The minimum atomic E-state index is -0.628. The SMILES string of the molecule is Cc1ccccc1NC(=O)COC(=O)CCC(=O)Nc1ccc(Oc2ccc(Cl)cc2)cc1. The Bertz CT molecular complexity index is 1110. The fourth-order valence-corrected chi connectivity index (χ4v) is 2.93. The number of ether oxygens (including phenoxy) is 2. The largest absolute Gasteiger partial charge is 0.457 e. The molecule has 3 aromatic carbocycles. The Hall–Kier alpha value is -3.84. The summed E-state index contributed by atoms with van der Waals surface area (Å²) in [6.45, 7) is 1.45. The van der Waals surface area contributed by atoms with Gasteiger partial charge in [-0.25, -0.2) is 0 Å². The number of hydrogen-bond acceptors (Lipinski definition) is 5. The summed E-state index contributed by atoms with van der Waals surface area (Å²) in [5, 5.41) is 5.99. The number of anilines is 2. The van der Waals surface area contributed by atoms with Gasteiger partial charge in [-0.2, -0.15) is 0 Å². The van der Waals surface area contributed by atoms with Crippen LogP contribution < -0.4 is 15.4 Å². The highest BCUT2D eigenvalue weighted by atomic mass is 35.5. The number of benzene rings is 3. The van der Waals surface area contributed by atoms with Crippen LogP contribution in [0, 0.1) is 6.92 Å². The first-order valence-corrected chi connectivity index (χ1v) is 10.6. The van der Waals surface area contributed by atoms with Gasteiger partial charge in [-0.3, -0.25) is 14.4 Å². The average molecular weight is 467 g/mol. The van der Waals surface area contributed by atoms with Crippen LogP contribution in [0.3, 0.4) is 0 Å². The quantitative estimate of drug-likeness (QED) is 0.415. The third-order valence-corrected chi connectivity index (χ3v) is 4.78. The maximum absolute atomic E-state index is 12.1. The van der Waals surface area contributed by atoms with Crippen molar-refractivity contribution < 1.29 is 23.9 Å². The Balaban J connectivity index is 1.37. The van der Waals surface area contributed by atoms with Gasteiger partial charge in [0.15, 0.2) is 6.61 Å². The first-order chi connectivity index (χ1) is 15.9. The number of nitrogens with one attached hydrogen (secondary N) is 2. The van der Waals surface area contributed by atoms with Crippen molar-refractivity contribution in [2.24, 2.45) is 0 Å². The Morgan fingerprint density at radius 1 is 0.788 bits per heavy atom. The van der Waals surface area contributed by atoms with E-state index in [1.807, 2.05) is 19.1 Å². The third-order valence-electron chi connectivity index (χ3n) is 4.53. The number of para-hydroxylation sites is 1. The monoisotopic (exact) mass is 466 g/mol. The maximum atomic E-state index is 12.1. The zero-order valence-corrected chi connectivity index (χ0v) is 18.7. The summed E-state index contributed by atoms with van der Waals surface area (Å²) in [5.41, 5.74) is 2.12. The second kappa shape index (κ2) is 11.7. The number of halogens is 1. The zero-order chi connectivity index (χ0) is 23.6. The van der Waals surface area contributed by atoms with E-state index in [1.54, 1.807) is 60.7 Å². The Morgan fingerprint density at radius 2 is 1.42 bits per heavy atom. The van der Waals surface area contributed by atoms with Gasteiger partial charge in [-0.1, -0.05) is 29.8 Å². The van der Waals surface area contributed by atoms with Gasteiger partial charge < -0.3 is 20.1 Å². The molecule has 0 fully saturated rings. The number of carbonyl (C=O) groups is 3. The van der Waals surface area contributed by atoms with E-state index in [2.05, 4.69) is 10.6 Å². The van der Waals surface area contributed by atoms with E-state index < -0.39 is 18.5 Å². The summed E-state index contributed by atoms with van der Waals surface area (Å²) in [7, 11) is 0. The fraction of sp³-hybridized carbons (Fsp3) is 0.160. The molecule has 0 aliphatic carbocycles. The molecule has 0 spiro atoms. The molecule has 7 nitrogen and oxygen atoms in total. The van der Waals surface area contributed by atoms with E-state index >= 15 is 0 Å². The molecule has 3 rings (SSSR count). The van der Waals surface area contributed by atoms with Crippen LogP contribution in [0.25, 0.3) is 0 Å². The van der Waals surface area contributed by atoms with Gasteiger partial charge >= 0.3 is 5.97 Å². The van der Waals surface area contributed by atoms with E-state index in [1.165, 1.54) is 0 Å². The second-order valence-electron chi connectivity index (χ2n) is 7.15. The molecule has 0 unspecified atom stereocenters. The van der Waals surface area contributed by atoms with Crippen molar-refractivity contribution >= 4 is 40.8 Å². The van der Waals surface area contributed by atoms with Gasteiger partial charge in [0.1, 0.15) is 11.5 Å². The Morgan fingerprint density at radius 3 is 2.09 bits per heavy atom. The predicted molar refractivity (Wildman–Crippen MR) is 127 cm³/mol. The molecule has 0 saturated carbocycles. The lowest BCUT2D eigenvalue weighted by Gasteiger charge is -2.09. The van der Waals surface area contributed by atoms with Crippen LogP contribution in [0.4, 0.5) is 11.4 Å². The molecule has 8 heteroatoms. The summed E-state index contributed by atoms with van der Waals surface area (Å²) in [5.74, 6) is -0.173. The van der Waals surface area contributed by atoms with Crippen LogP contribution in [-0.2, 0) is 19.1 Å². The highest BCUT2D eigenvalue weighted by Gasteiger charge is 2.11. The predicted octanol–water partition coefficient (Wildman–Crippen LogP) is 5.34. The standard InChI is InChI=1S/C25H23ClN2O5/c1-17-4-2-3-5-22(17)28-24(30)16-32-25(31)15-14-23(29)27-19-8-12-21(13-9-19)33-20-10-6-18(26)7-11-20/h2-13H,14-16H2,1H3,(H,27,29)(H,28,30). The van der Waals surface area contributed by atoms with Gasteiger partial charge in [-0.05, 0) is 67.1 Å². The van der Waals surface area contributed by atoms with Gasteiger partial charge in [0.2, 0.25) is 5.91 Å². The number of amides is 2. The van der Waals surface area contributed by atoms with Crippen LogP contribution in [0.5, 0.6) is 11.5 Å². The number of carbonyl (C=O) groups excluding carboxylic acids is 3.